The highest BCUT2D eigenvalue weighted by atomic mass is 32.1. The van der Waals surface area contributed by atoms with Crippen LogP contribution in [0.25, 0.3) is 0 Å². The predicted octanol–water partition coefficient (Wildman–Crippen LogP) is 3.95. The van der Waals surface area contributed by atoms with Gasteiger partial charge in [0.05, 0.1) is 6.61 Å². The Morgan fingerprint density at radius 3 is 2.61 bits per heavy atom. The quantitative estimate of drug-likeness (QED) is 0.788. The molecule has 1 fully saturated rings. The minimum absolute atomic E-state index is 0.797. The molecule has 1 saturated carbocycles. The van der Waals surface area contributed by atoms with E-state index in [-0.39, 0.29) is 0 Å². The Kier molecular flexibility index (Phi) is 6.18. The maximum atomic E-state index is 5.90. The number of nitrogens with one attached hydrogen (secondary N) is 1. The van der Waals surface area contributed by atoms with Gasteiger partial charge in [-0.2, -0.15) is 0 Å². The number of thiophene rings is 1. The summed E-state index contributed by atoms with van der Waals surface area (Å²) in [7, 11) is 1.99. The maximum absolute atomic E-state index is 5.90. The molecule has 1 aliphatic rings. The SMILES string of the molecule is CNCc1ccc(COCC2CCCCCC2)s1. The number of hydrogen-bond donors (Lipinski definition) is 1. The molecule has 0 spiro atoms. The fourth-order valence-corrected chi connectivity index (χ4v) is 3.59. The predicted molar refractivity (Wildman–Crippen MR) is 77.9 cm³/mol. The summed E-state index contributed by atoms with van der Waals surface area (Å²) in [6, 6.07) is 4.40. The third kappa shape index (κ3) is 4.71. The summed E-state index contributed by atoms with van der Waals surface area (Å²) in [5.41, 5.74) is 0. The van der Waals surface area contributed by atoms with E-state index in [0.29, 0.717) is 0 Å². The first-order valence-electron chi connectivity index (χ1n) is 7.18. The van der Waals surface area contributed by atoms with Crippen LogP contribution in [-0.2, 0) is 17.9 Å². The van der Waals surface area contributed by atoms with Crippen molar-refractivity contribution in [2.24, 2.45) is 5.92 Å². The Morgan fingerprint density at radius 1 is 1.17 bits per heavy atom. The van der Waals surface area contributed by atoms with E-state index in [0.717, 1.165) is 25.7 Å². The molecule has 2 rings (SSSR count). The monoisotopic (exact) mass is 267 g/mol. The molecule has 0 bridgehead atoms. The van der Waals surface area contributed by atoms with Gasteiger partial charge in [0.25, 0.3) is 0 Å². The summed E-state index contributed by atoms with van der Waals surface area (Å²) >= 11 is 1.86. The lowest BCUT2D eigenvalue weighted by Gasteiger charge is -2.13. The van der Waals surface area contributed by atoms with Crippen LogP contribution < -0.4 is 5.32 Å². The summed E-state index contributed by atoms with van der Waals surface area (Å²) in [6.07, 6.45) is 8.40. The van der Waals surface area contributed by atoms with Crippen LogP contribution in [0.2, 0.25) is 0 Å². The van der Waals surface area contributed by atoms with Crippen molar-refractivity contribution in [2.75, 3.05) is 13.7 Å². The molecule has 18 heavy (non-hydrogen) atoms. The van der Waals surface area contributed by atoms with Crippen LogP contribution in [-0.4, -0.2) is 13.7 Å². The lowest BCUT2D eigenvalue weighted by Crippen LogP contribution is -2.08. The summed E-state index contributed by atoms with van der Waals surface area (Å²) in [5.74, 6) is 0.809. The third-order valence-corrected chi connectivity index (χ3v) is 4.70. The smallest absolute Gasteiger partial charge is 0.0809 e. The summed E-state index contributed by atoms with van der Waals surface area (Å²) in [5, 5.41) is 3.18. The molecule has 3 heteroatoms. The Labute approximate surface area is 115 Å². The molecular formula is C15H25NOS. The van der Waals surface area contributed by atoms with Crippen molar-refractivity contribution in [3.05, 3.63) is 21.9 Å². The van der Waals surface area contributed by atoms with E-state index in [4.69, 9.17) is 4.74 Å². The van der Waals surface area contributed by atoms with Gasteiger partial charge in [0, 0.05) is 22.9 Å². The first kappa shape index (κ1) is 14.0. The van der Waals surface area contributed by atoms with Gasteiger partial charge < -0.3 is 10.1 Å². The standard InChI is InChI=1S/C15H25NOS/c1-16-10-14-8-9-15(18-14)12-17-11-13-6-4-2-3-5-7-13/h8-9,13,16H,2-7,10-12H2,1H3. The summed E-state index contributed by atoms with van der Waals surface area (Å²) in [4.78, 5) is 2.75. The number of rotatable bonds is 6. The van der Waals surface area contributed by atoms with E-state index in [2.05, 4.69) is 17.4 Å². The maximum Gasteiger partial charge on any atom is 0.0809 e. The minimum atomic E-state index is 0.797. The van der Waals surface area contributed by atoms with Crippen LogP contribution in [0.5, 0.6) is 0 Å². The van der Waals surface area contributed by atoms with E-state index in [1.54, 1.807) is 0 Å². The molecule has 1 aromatic rings. The molecule has 0 aliphatic heterocycles. The van der Waals surface area contributed by atoms with Crippen molar-refractivity contribution in [1.29, 1.82) is 0 Å². The van der Waals surface area contributed by atoms with E-state index in [1.807, 2.05) is 18.4 Å². The van der Waals surface area contributed by atoms with Crippen LogP contribution in [0.4, 0.5) is 0 Å². The molecule has 0 amide bonds. The van der Waals surface area contributed by atoms with Gasteiger partial charge in [-0.3, -0.25) is 0 Å². The summed E-state index contributed by atoms with van der Waals surface area (Å²) < 4.78 is 5.90. The van der Waals surface area contributed by atoms with Crippen molar-refractivity contribution in [2.45, 2.75) is 51.7 Å². The van der Waals surface area contributed by atoms with Crippen molar-refractivity contribution < 1.29 is 4.74 Å². The second-order valence-corrected chi connectivity index (χ2v) is 6.52. The highest BCUT2D eigenvalue weighted by molar-refractivity contribution is 7.11. The molecule has 0 atom stereocenters. The van der Waals surface area contributed by atoms with Crippen LogP contribution in [0.1, 0.15) is 48.3 Å². The second-order valence-electron chi connectivity index (χ2n) is 5.27. The zero-order valence-electron chi connectivity index (χ0n) is 11.4. The van der Waals surface area contributed by atoms with E-state index >= 15 is 0 Å². The van der Waals surface area contributed by atoms with Gasteiger partial charge in [0.2, 0.25) is 0 Å². The molecule has 1 N–H and O–H groups in total. The zero-order valence-corrected chi connectivity index (χ0v) is 12.2. The van der Waals surface area contributed by atoms with Crippen molar-refractivity contribution in [3.8, 4) is 0 Å². The highest BCUT2D eigenvalue weighted by Crippen LogP contribution is 2.24. The molecule has 1 aromatic heterocycles. The van der Waals surface area contributed by atoms with Gasteiger partial charge in [-0.25, -0.2) is 0 Å². The Morgan fingerprint density at radius 2 is 1.89 bits per heavy atom. The Hall–Kier alpha value is -0.380. The Bertz CT molecular complexity index is 329. The van der Waals surface area contributed by atoms with Crippen LogP contribution in [0.15, 0.2) is 12.1 Å². The van der Waals surface area contributed by atoms with Gasteiger partial charge in [0.1, 0.15) is 0 Å². The van der Waals surface area contributed by atoms with Crippen molar-refractivity contribution in [3.63, 3.8) is 0 Å². The zero-order chi connectivity index (χ0) is 12.6. The van der Waals surface area contributed by atoms with Crippen LogP contribution in [0, 0.1) is 5.92 Å². The molecule has 2 nitrogen and oxygen atoms in total. The van der Waals surface area contributed by atoms with Gasteiger partial charge >= 0.3 is 0 Å². The average molecular weight is 267 g/mol. The van der Waals surface area contributed by atoms with Crippen molar-refractivity contribution >= 4 is 11.3 Å². The minimum Gasteiger partial charge on any atom is -0.376 e. The molecular weight excluding hydrogens is 242 g/mol. The van der Waals surface area contributed by atoms with Gasteiger partial charge in [-0.05, 0) is 37.9 Å². The molecule has 1 aliphatic carbocycles. The van der Waals surface area contributed by atoms with E-state index in [9.17, 15) is 0 Å². The molecule has 0 saturated heterocycles. The number of hydrogen-bond acceptors (Lipinski definition) is 3. The number of ether oxygens (including phenoxy) is 1. The topological polar surface area (TPSA) is 21.3 Å². The molecule has 102 valence electrons. The van der Waals surface area contributed by atoms with Crippen molar-refractivity contribution in [1.82, 2.24) is 5.32 Å². The Balaban J connectivity index is 1.67. The lowest BCUT2D eigenvalue weighted by atomic mass is 10.0. The van der Waals surface area contributed by atoms with Gasteiger partial charge in [-0.1, -0.05) is 25.7 Å². The van der Waals surface area contributed by atoms with E-state index < -0.39 is 0 Å². The molecule has 1 heterocycles. The third-order valence-electron chi connectivity index (χ3n) is 3.64. The normalized spacial score (nSPS) is 17.8. The molecule has 0 aromatic carbocycles. The second kappa shape index (κ2) is 7.93. The summed E-state index contributed by atoms with van der Waals surface area (Å²) in [6.45, 7) is 2.72. The first-order chi connectivity index (χ1) is 8.88. The van der Waals surface area contributed by atoms with Crippen LogP contribution >= 0.6 is 11.3 Å². The lowest BCUT2D eigenvalue weighted by molar-refractivity contribution is 0.0836. The average Bonchev–Trinajstić information content (AvgIpc) is 2.65. The van der Waals surface area contributed by atoms with E-state index in [1.165, 1.54) is 48.3 Å². The van der Waals surface area contributed by atoms with Crippen LogP contribution in [0.3, 0.4) is 0 Å². The fraction of sp³-hybridized carbons (Fsp3) is 0.733. The fourth-order valence-electron chi connectivity index (χ4n) is 2.63. The molecule has 0 radical (unpaired) electrons. The van der Waals surface area contributed by atoms with Gasteiger partial charge in [0.15, 0.2) is 0 Å². The highest BCUT2D eigenvalue weighted by Gasteiger charge is 2.12. The van der Waals surface area contributed by atoms with Gasteiger partial charge in [-0.15, -0.1) is 11.3 Å². The first-order valence-corrected chi connectivity index (χ1v) is 8.00. The molecule has 0 unspecified atom stereocenters. The largest absolute Gasteiger partial charge is 0.376 e.